The van der Waals surface area contributed by atoms with Gasteiger partial charge in [-0.05, 0) is 18.2 Å². The summed E-state index contributed by atoms with van der Waals surface area (Å²) in [5.74, 6) is -0.732. The Balaban J connectivity index is 2.26. The second-order valence-corrected chi connectivity index (χ2v) is 5.11. The maximum absolute atomic E-state index is 11.8. The molecule has 0 saturated carbocycles. The number of hydrogen-bond acceptors (Lipinski definition) is 5. The van der Waals surface area contributed by atoms with Crippen LogP contribution in [0.3, 0.4) is 0 Å². The van der Waals surface area contributed by atoms with Gasteiger partial charge in [0.1, 0.15) is 6.23 Å². The van der Waals surface area contributed by atoms with E-state index in [1.54, 1.807) is 6.08 Å². The predicted octanol–water partition coefficient (Wildman–Crippen LogP) is 1.14. The molecular weight excluding hydrogens is 284 g/mol. The standard InChI is InChI=1S/C16H20N2O4/c1-11(19)18-14(10-16(21)22-2)13(8-9-15(18)20)17-12-6-4-3-5-7-12/h3-9,13-15,17,20H,10H2,1-2H3/t13-,14+,15?/m1/s1. The Labute approximate surface area is 129 Å². The Morgan fingerprint density at radius 3 is 2.55 bits per heavy atom. The summed E-state index contributed by atoms with van der Waals surface area (Å²) in [4.78, 5) is 24.8. The van der Waals surface area contributed by atoms with E-state index in [0.29, 0.717) is 0 Å². The minimum absolute atomic E-state index is 0.00196. The third-order valence-electron chi connectivity index (χ3n) is 3.62. The van der Waals surface area contributed by atoms with Crippen LogP contribution in [0.4, 0.5) is 5.69 Å². The van der Waals surface area contributed by atoms with Crippen molar-refractivity contribution >= 4 is 17.6 Å². The molecule has 22 heavy (non-hydrogen) atoms. The van der Waals surface area contributed by atoms with Crippen molar-refractivity contribution in [3.8, 4) is 0 Å². The summed E-state index contributed by atoms with van der Waals surface area (Å²) in [6, 6.07) is 8.65. The molecule has 118 valence electrons. The van der Waals surface area contributed by atoms with Crippen LogP contribution in [0.5, 0.6) is 0 Å². The number of aliphatic hydroxyl groups excluding tert-OH is 1. The summed E-state index contributed by atoms with van der Waals surface area (Å²) in [7, 11) is 1.30. The Morgan fingerprint density at radius 2 is 1.95 bits per heavy atom. The van der Waals surface area contributed by atoms with E-state index >= 15 is 0 Å². The fourth-order valence-electron chi connectivity index (χ4n) is 2.58. The molecule has 0 aromatic heterocycles. The van der Waals surface area contributed by atoms with Gasteiger partial charge in [-0.1, -0.05) is 24.3 Å². The van der Waals surface area contributed by atoms with Crippen LogP contribution in [0, 0.1) is 0 Å². The molecule has 0 saturated heterocycles. The molecule has 3 atom stereocenters. The van der Waals surface area contributed by atoms with E-state index < -0.39 is 18.2 Å². The number of anilines is 1. The topological polar surface area (TPSA) is 78.9 Å². The summed E-state index contributed by atoms with van der Waals surface area (Å²) in [5, 5.41) is 13.3. The summed E-state index contributed by atoms with van der Waals surface area (Å²) in [6.45, 7) is 1.37. The average Bonchev–Trinajstić information content (AvgIpc) is 2.50. The first-order valence-electron chi connectivity index (χ1n) is 7.06. The molecule has 1 amide bonds. The van der Waals surface area contributed by atoms with E-state index in [-0.39, 0.29) is 18.4 Å². The number of amides is 1. The van der Waals surface area contributed by atoms with Crippen LogP contribution in [-0.2, 0) is 14.3 Å². The molecule has 0 aliphatic carbocycles. The van der Waals surface area contributed by atoms with Crippen molar-refractivity contribution in [2.24, 2.45) is 0 Å². The van der Waals surface area contributed by atoms with E-state index in [9.17, 15) is 14.7 Å². The van der Waals surface area contributed by atoms with Gasteiger partial charge in [-0.25, -0.2) is 0 Å². The first-order valence-corrected chi connectivity index (χ1v) is 7.06. The van der Waals surface area contributed by atoms with Crippen molar-refractivity contribution in [2.75, 3.05) is 12.4 Å². The molecule has 1 aromatic carbocycles. The Bertz CT molecular complexity index is 559. The largest absolute Gasteiger partial charge is 0.469 e. The highest BCUT2D eigenvalue weighted by atomic mass is 16.5. The van der Waals surface area contributed by atoms with Crippen molar-refractivity contribution in [3.63, 3.8) is 0 Å². The summed E-state index contributed by atoms with van der Waals surface area (Å²) in [6.07, 6.45) is 2.27. The van der Waals surface area contributed by atoms with Crippen LogP contribution in [0.25, 0.3) is 0 Å². The van der Waals surface area contributed by atoms with Gasteiger partial charge in [0.15, 0.2) is 0 Å². The van der Waals surface area contributed by atoms with Gasteiger partial charge in [-0.3, -0.25) is 9.59 Å². The van der Waals surface area contributed by atoms with Gasteiger partial charge in [-0.2, -0.15) is 0 Å². The number of ether oxygens (including phenoxy) is 1. The highest BCUT2D eigenvalue weighted by Crippen LogP contribution is 2.23. The number of hydrogen-bond donors (Lipinski definition) is 2. The van der Waals surface area contributed by atoms with Gasteiger partial charge in [0.25, 0.3) is 0 Å². The van der Waals surface area contributed by atoms with E-state index in [2.05, 4.69) is 5.32 Å². The van der Waals surface area contributed by atoms with Crippen LogP contribution < -0.4 is 5.32 Å². The van der Waals surface area contributed by atoms with Crippen molar-refractivity contribution in [3.05, 3.63) is 42.5 Å². The zero-order valence-corrected chi connectivity index (χ0v) is 12.6. The molecule has 1 aliphatic heterocycles. The van der Waals surface area contributed by atoms with Crippen molar-refractivity contribution < 1.29 is 19.4 Å². The molecule has 6 heteroatoms. The maximum Gasteiger partial charge on any atom is 0.307 e. The highest BCUT2D eigenvalue weighted by molar-refractivity contribution is 5.77. The third-order valence-corrected chi connectivity index (χ3v) is 3.62. The summed E-state index contributed by atoms with van der Waals surface area (Å²) >= 11 is 0. The van der Waals surface area contributed by atoms with Crippen molar-refractivity contribution in [1.29, 1.82) is 0 Å². The number of esters is 1. The number of methoxy groups -OCH3 is 1. The second kappa shape index (κ2) is 7.09. The molecule has 2 N–H and O–H groups in total. The fourth-order valence-corrected chi connectivity index (χ4v) is 2.58. The van der Waals surface area contributed by atoms with Gasteiger partial charge in [0, 0.05) is 12.6 Å². The number of benzene rings is 1. The predicted molar refractivity (Wildman–Crippen MR) is 81.9 cm³/mol. The quantitative estimate of drug-likeness (QED) is 0.644. The van der Waals surface area contributed by atoms with Crippen LogP contribution in [0.1, 0.15) is 13.3 Å². The normalized spacial score (nSPS) is 24.0. The number of nitrogens with zero attached hydrogens (tertiary/aromatic N) is 1. The minimum atomic E-state index is -1.04. The molecule has 1 heterocycles. The summed E-state index contributed by atoms with van der Waals surface area (Å²) < 4.78 is 4.70. The molecule has 2 rings (SSSR count). The van der Waals surface area contributed by atoms with Gasteiger partial charge < -0.3 is 20.1 Å². The Hall–Kier alpha value is -2.34. The first kappa shape index (κ1) is 16.0. The Kier molecular flexibility index (Phi) is 5.16. The smallest absolute Gasteiger partial charge is 0.307 e. The number of nitrogens with one attached hydrogen (secondary N) is 1. The minimum Gasteiger partial charge on any atom is -0.469 e. The number of rotatable bonds is 4. The Morgan fingerprint density at radius 1 is 1.27 bits per heavy atom. The number of para-hydroxylation sites is 1. The van der Waals surface area contributed by atoms with Crippen molar-refractivity contribution in [2.45, 2.75) is 31.7 Å². The maximum atomic E-state index is 11.8. The molecule has 0 radical (unpaired) electrons. The second-order valence-electron chi connectivity index (χ2n) is 5.11. The monoisotopic (exact) mass is 304 g/mol. The zero-order chi connectivity index (χ0) is 16.1. The van der Waals surface area contributed by atoms with Gasteiger partial charge in [-0.15, -0.1) is 0 Å². The van der Waals surface area contributed by atoms with Crippen LogP contribution >= 0.6 is 0 Å². The third kappa shape index (κ3) is 3.65. The van der Waals surface area contributed by atoms with E-state index in [4.69, 9.17) is 4.74 Å². The highest BCUT2D eigenvalue weighted by Gasteiger charge is 2.36. The molecule has 1 aliphatic rings. The number of carbonyl (C=O) groups excluding carboxylic acids is 2. The lowest BCUT2D eigenvalue weighted by Crippen LogP contribution is -2.56. The molecule has 1 unspecified atom stereocenters. The van der Waals surface area contributed by atoms with E-state index in [1.165, 1.54) is 25.0 Å². The van der Waals surface area contributed by atoms with Crippen LogP contribution in [0.15, 0.2) is 42.5 Å². The fraction of sp³-hybridized carbons (Fsp3) is 0.375. The van der Waals surface area contributed by atoms with Gasteiger partial charge in [0.05, 0.1) is 25.6 Å². The van der Waals surface area contributed by atoms with Crippen LogP contribution in [-0.4, -0.2) is 47.3 Å². The molecule has 0 fully saturated rings. The van der Waals surface area contributed by atoms with Crippen LogP contribution in [0.2, 0.25) is 0 Å². The SMILES string of the molecule is COC(=O)C[C@H]1[C@H](Nc2ccccc2)C=CC(O)N1C(C)=O. The number of carbonyl (C=O) groups is 2. The van der Waals surface area contributed by atoms with Crippen molar-refractivity contribution in [1.82, 2.24) is 4.90 Å². The lowest BCUT2D eigenvalue weighted by molar-refractivity contribution is -0.148. The van der Waals surface area contributed by atoms with Gasteiger partial charge >= 0.3 is 5.97 Å². The molecule has 0 spiro atoms. The lowest BCUT2D eigenvalue weighted by atomic mass is 9.97. The van der Waals surface area contributed by atoms with E-state index in [0.717, 1.165) is 5.69 Å². The molecule has 1 aromatic rings. The number of aliphatic hydroxyl groups is 1. The van der Waals surface area contributed by atoms with E-state index in [1.807, 2.05) is 30.3 Å². The molecular formula is C16H20N2O4. The lowest BCUT2D eigenvalue weighted by Gasteiger charge is -2.40. The average molecular weight is 304 g/mol. The molecule has 6 nitrogen and oxygen atoms in total. The molecule has 0 bridgehead atoms. The van der Waals surface area contributed by atoms with Gasteiger partial charge in [0.2, 0.25) is 5.91 Å². The first-order chi connectivity index (χ1) is 10.5. The summed E-state index contributed by atoms with van der Waals surface area (Å²) in [5.41, 5.74) is 0.868. The zero-order valence-electron chi connectivity index (χ0n) is 12.6.